The third-order valence-electron chi connectivity index (χ3n) is 5.68. The molecule has 0 bridgehead atoms. The summed E-state index contributed by atoms with van der Waals surface area (Å²) < 4.78 is 0. The number of fused-ring (bicyclic) bond motifs is 1. The number of carboxylic acid groups (broad SMARTS) is 1. The van der Waals surface area contributed by atoms with Crippen LogP contribution in [0.1, 0.15) is 35.4 Å². The molecule has 1 fully saturated rings. The van der Waals surface area contributed by atoms with Crippen molar-refractivity contribution in [3.05, 3.63) is 71.3 Å². The van der Waals surface area contributed by atoms with Gasteiger partial charge in [0.15, 0.2) is 0 Å². The zero-order valence-electron chi connectivity index (χ0n) is 15.3. The molecule has 0 aromatic heterocycles. The summed E-state index contributed by atoms with van der Waals surface area (Å²) in [6, 6.07) is 17.6. The van der Waals surface area contributed by atoms with E-state index in [9.17, 15) is 14.7 Å². The van der Waals surface area contributed by atoms with Gasteiger partial charge in [0.1, 0.15) is 0 Å². The average molecular weight is 364 g/mol. The van der Waals surface area contributed by atoms with Gasteiger partial charge in [-0.3, -0.25) is 14.5 Å². The number of carbonyl (C=O) groups excluding carboxylic acids is 1. The van der Waals surface area contributed by atoms with Crippen LogP contribution in [0.15, 0.2) is 54.6 Å². The molecule has 2 unspecified atom stereocenters. The first-order valence-corrected chi connectivity index (χ1v) is 9.51. The Morgan fingerprint density at radius 2 is 1.78 bits per heavy atom. The van der Waals surface area contributed by atoms with Crippen LogP contribution in [0.25, 0.3) is 0 Å². The Hall–Kier alpha value is -2.66. The molecule has 27 heavy (non-hydrogen) atoms. The number of rotatable bonds is 4. The Morgan fingerprint density at radius 3 is 2.56 bits per heavy atom. The molecule has 140 valence electrons. The van der Waals surface area contributed by atoms with Gasteiger partial charge < -0.3 is 10.0 Å². The van der Waals surface area contributed by atoms with E-state index in [1.165, 1.54) is 5.56 Å². The fourth-order valence-electron chi connectivity index (χ4n) is 4.31. The highest BCUT2D eigenvalue weighted by atomic mass is 16.4. The summed E-state index contributed by atoms with van der Waals surface area (Å²) in [5, 5.41) is 9.65. The number of hydrogen-bond acceptors (Lipinski definition) is 3. The van der Waals surface area contributed by atoms with Crippen LogP contribution < -0.4 is 0 Å². The molecular formula is C22H24N2O3. The van der Waals surface area contributed by atoms with Gasteiger partial charge in [0.2, 0.25) is 5.91 Å². The maximum atomic E-state index is 13.3. The topological polar surface area (TPSA) is 60.9 Å². The summed E-state index contributed by atoms with van der Waals surface area (Å²) in [7, 11) is 0. The molecule has 1 N–H and O–H groups in total. The lowest BCUT2D eigenvalue weighted by Crippen LogP contribution is -2.48. The van der Waals surface area contributed by atoms with E-state index in [-0.39, 0.29) is 18.5 Å². The highest BCUT2D eigenvalue weighted by molar-refractivity contribution is 5.85. The molecule has 5 nitrogen and oxygen atoms in total. The van der Waals surface area contributed by atoms with Gasteiger partial charge in [0.25, 0.3) is 0 Å². The minimum Gasteiger partial charge on any atom is -0.481 e. The third-order valence-corrected chi connectivity index (χ3v) is 5.68. The molecule has 0 radical (unpaired) electrons. The molecule has 5 heteroatoms. The molecule has 0 spiro atoms. The number of carbonyl (C=O) groups is 2. The summed E-state index contributed by atoms with van der Waals surface area (Å²) in [6.45, 7) is 2.40. The maximum absolute atomic E-state index is 13.3. The molecule has 0 aliphatic carbocycles. The van der Waals surface area contributed by atoms with Crippen LogP contribution in [0.2, 0.25) is 0 Å². The number of carboxylic acids is 1. The smallest absolute Gasteiger partial charge is 0.312 e. The van der Waals surface area contributed by atoms with E-state index in [0.717, 1.165) is 37.1 Å². The van der Waals surface area contributed by atoms with E-state index in [2.05, 4.69) is 17.0 Å². The van der Waals surface area contributed by atoms with Gasteiger partial charge >= 0.3 is 5.97 Å². The standard InChI is InChI=1S/C22H24N2O3/c25-21(20-11-6-12-23(20)13-16-7-2-1-3-8-16)24-14-17-9-4-5-10-18(17)19(15-24)22(26)27/h1-5,7-10,19-20H,6,11-15H2,(H,26,27). The fourth-order valence-corrected chi connectivity index (χ4v) is 4.31. The van der Waals surface area contributed by atoms with Crippen LogP contribution in [0, 0.1) is 0 Å². The van der Waals surface area contributed by atoms with Gasteiger partial charge in [0, 0.05) is 19.6 Å². The molecule has 4 rings (SSSR count). The van der Waals surface area contributed by atoms with Crippen molar-refractivity contribution < 1.29 is 14.7 Å². The van der Waals surface area contributed by atoms with Crippen LogP contribution >= 0.6 is 0 Å². The van der Waals surface area contributed by atoms with Gasteiger partial charge in [-0.2, -0.15) is 0 Å². The molecule has 2 atom stereocenters. The van der Waals surface area contributed by atoms with Crippen molar-refractivity contribution in [2.75, 3.05) is 13.1 Å². The van der Waals surface area contributed by atoms with Crippen LogP contribution in [0.3, 0.4) is 0 Å². The second-order valence-corrected chi connectivity index (χ2v) is 7.42. The van der Waals surface area contributed by atoms with Crippen LogP contribution in [0.5, 0.6) is 0 Å². The Balaban J connectivity index is 1.53. The zero-order chi connectivity index (χ0) is 18.8. The highest BCUT2D eigenvalue weighted by Gasteiger charge is 2.38. The first kappa shape index (κ1) is 17.7. The lowest BCUT2D eigenvalue weighted by molar-refractivity contribution is -0.143. The van der Waals surface area contributed by atoms with E-state index < -0.39 is 11.9 Å². The number of nitrogens with zero attached hydrogens (tertiary/aromatic N) is 2. The summed E-state index contributed by atoms with van der Waals surface area (Å²) in [4.78, 5) is 29.0. The van der Waals surface area contributed by atoms with Gasteiger partial charge in [-0.1, -0.05) is 54.6 Å². The normalized spacial score (nSPS) is 22.4. The van der Waals surface area contributed by atoms with E-state index >= 15 is 0 Å². The van der Waals surface area contributed by atoms with Crippen LogP contribution in [-0.2, 0) is 22.7 Å². The van der Waals surface area contributed by atoms with E-state index in [1.54, 1.807) is 4.90 Å². The number of aliphatic carboxylic acids is 1. The third kappa shape index (κ3) is 3.60. The summed E-state index contributed by atoms with van der Waals surface area (Å²) >= 11 is 0. The summed E-state index contributed by atoms with van der Waals surface area (Å²) in [6.07, 6.45) is 1.83. The zero-order valence-corrected chi connectivity index (χ0v) is 15.3. The molecule has 2 aromatic rings. The van der Waals surface area contributed by atoms with E-state index in [0.29, 0.717) is 6.54 Å². The molecule has 2 heterocycles. The fraction of sp³-hybridized carbons (Fsp3) is 0.364. The maximum Gasteiger partial charge on any atom is 0.312 e. The first-order valence-electron chi connectivity index (χ1n) is 9.51. The Labute approximate surface area is 159 Å². The predicted molar refractivity (Wildman–Crippen MR) is 102 cm³/mol. The molecule has 0 saturated carbocycles. The lowest BCUT2D eigenvalue weighted by Gasteiger charge is -2.36. The van der Waals surface area contributed by atoms with Crippen molar-refractivity contribution in [3.8, 4) is 0 Å². The number of likely N-dealkylation sites (tertiary alicyclic amines) is 1. The van der Waals surface area contributed by atoms with E-state index in [4.69, 9.17) is 0 Å². The first-order chi connectivity index (χ1) is 13.1. The van der Waals surface area contributed by atoms with Gasteiger partial charge in [-0.25, -0.2) is 0 Å². The summed E-state index contributed by atoms with van der Waals surface area (Å²) in [5.74, 6) is -1.46. The van der Waals surface area contributed by atoms with Crippen molar-refractivity contribution in [1.29, 1.82) is 0 Å². The SMILES string of the molecule is O=C(O)C1CN(C(=O)C2CCCN2Cc2ccccc2)Cc2ccccc21. The van der Waals surface area contributed by atoms with E-state index in [1.807, 2.05) is 42.5 Å². The average Bonchev–Trinajstić information content (AvgIpc) is 3.15. The Bertz CT molecular complexity index is 836. The monoisotopic (exact) mass is 364 g/mol. The van der Waals surface area contributed by atoms with Crippen molar-refractivity contribution in [2.24, 2.45) is 0 Å². The number of amides is 1. The van der Waals surface area contributed by atoms with Crippen molar-refractivity contribution >= 4 is 11.9 Å². The predicted octanol–water partition coefficient (Wildman–Crippen LogP) is 2.86. The van der Waals surface area contributed by atoms with Gasteiger partial charge in [-0.15, -0.1) is 0 Å². The van der Waals surface area contributed by atoms with Crippen LogP contribution in [-0.4, -0.2) is 45.9 Å². The van der Waals surface area contributed by atoms with Crippen molar-refractivity contribution in [1.82, 2.24) is 9.80 Å². The Morgan fingerprint density at radius 1 is 1.04 bits per heavy atom. The number of hydrogen-bond donors (Lipinski definition) is 1. The van der Waals surface area contributed by atoms with Gasteiger partial charge in [-0.05, 0) is 36.1 Å². The molecule has 2 aromatic carbocycles. The summed E-state index contributed by atoms with van der Waals surface area (Å²) in [5.41, 5.74) is 2.98. The minimum absolute atomic E-state index is 0.0594. The quantitative estimate of drug-likeness (QED) is 0.906. The second kappa shape index (κ2) is 7.53. The van der Waals surface area contributed by atoms with Crippen molar-refractivity contribution in [3.63, 3.8) is 0 Å². The molecule has 1 amide bonds. The largest absolute Gasteiger partial charge is 0.481 e. The van der Waals surface area contributed by atoms with Crippen LogP contribution in [0.4, 0.5) is 0 Å². The van der Waals surface area contributed by atoms with Gasteiger partial charge in [0.05, 0.1) is 12.0 Å². The minimum atomic E-state index is -0.868. The lowest BCUT2D eigenvalue weighted by atomic mass is 9.89. The van der Waals surface area contributed by atoms with Crippen molar-refractivity contribution in [2.45, 2.75) is 37.9 Å². The Kier molecular flexibility index (Phi) is 4.94. The molecular weight excluding hydrogens is 340 g/mol. The highest BCUT2D eigenvalue weighted by Crippen LogP contribution is 2.31. The molecule has 2 aliphatic rings. The second-order valence-electron chi connectivity index (χ2n) is 7.42. The molecule has 2 aliphatic heterocycles. The number of benzene rings is 2. The molecule has 1 saturated heterocycles.